The van der Waals surface area contributed by atoms with Crippen LogP contribution in [0.1, 0.15) is 13.8 Å². The minimum atomic E-state index is -0.189. The van der Waals surface area contributed by atoms with Crippen molar-refractivity contribution < 1.29 is 9.47 Å². The van der Waals surface area contributed by atoms with Crippen LogP contribution in [0.5, 0.6) is 5.75 Å². The minimum absolute atomic E-state index is 0.189. The summed E-state index contributed by atoms with van der Waals surface area (Å²) in [5, 5.41) is 0. The van der Waals surface area contributed by atoms with Gasteiger partial charge >= 0.3 is 0 Å². The Labute approximate surface area is 87.0 Å². The predicted octanol–water partition coefficient (Wildman–Crippen LogP) is 3.21. The van der Waals surface area contributed by atoms with Crippen molar-refractivity contribution >= 4 is 15.9 Å². The second-order valence-corrected chi connectivity index (χ2v) is 3.51. The Kier molecular flexibility index (Phi) is 4.25. The first-order valence-electron chi connectivity index (χ1n) is 4.26. The maximum atomic E-state index is 5.47. The molecule has 1 unspecified atom stereocenters. The summed E-state index contributed by atoms with van der Waals surface area (Å²) in [7, 11) is 0. The molecule has 1 atom stereocenters. The smallest absolute Gasteiger partial charge is 0.196 e. The van der Waals surface area contributed by atoms with Crippen molar-refractivity contribution in [3.63, 3.8) is 0 Å². The average Bonchev–Trinajstić information content (AvgIpc) is 2.09. The van der Waals surface area contributed by atoms with Gasteiger partial charge in [0.2, 0.25) is 0 Å². The van der Waals surface area contributed by atoms with E-state index >= 15 is 0 Å². The van der Waals surface area contributed by atoms with Gasteiger partial charge in [-0.15, -0.1) is 0 Å². The molecule has 13 heavy (non-hydrogen) atoms. The normalized spacial score (nSPS) is 12.5. The van der Waals surface area contributed by atoms with Crippen LogP contribution in [0.15, 0.2) is 28.7 Å². The molecule has 0 aliphatic heterocycles. The third kappa shape index (κ3) is 3.79. The van der Waals surface area contributed by atoms with Gasteiger partial charge < -0.3 is 9.47 Å². The van der Waals surface area contributed by atoms with E-state index in [0.717, 1.165) is 10.2 Å². The Morgan fingerprint density at radius 3 is 2.46 bits per heavy atom. The van der Waals surface area contributed by atoms with Crippen LogP contribution in [0.3, 0.4) is 0 Å². The van der Waals surface area contributed by atoms with Crippen LogP contribution in [0.4, 0.5) is 0 Å². The highest BCUT2D eigenvalue weighted by Crippen LogP contribution is 2.17. The van der Waals surface area contributed by atoms with Gasteiger partial charge in [-0.3, -0.25) is 0 Å². The number of rotatable bonds is 4. The molecule has 0 saturated carbocycles. The van der Waals surface area contributed by atoms with Gasteiger partial charge in [0.25, 0.3) is 0 Å². The monoisotopic (exact) mass is 244 g/mol. The van der Waals surface area contributed by atoms with E-state index in [1.807, 2.05) is 38.1 Å². The van der Waals surface area contributed by atoms with Gasteiger partial charge in [0, 0.05) is 11.1 Å². The molecule has 1 rings (SSSR count). The SMILES string of the molecule is CCOC(C)Oc1ccc(Br)cc1. The lowest BCUT2D eigenvalue weighted by molar-refractivity contribution is -0.0613. The first-order valence-corrected chi connectivity index (χ1v) is 5.05. The summed E-state index contributed by atoms with van der Waals surface area (Å²) in [6.07, 6.45) is -0.189. The lowest BCUT2D eigenvalue weighted by Crippen LogP contribution is -2.15. The zero-order valence-electron chi connectivity index (χ0n) is 7.79. The third-order valence-corrected chi connectivity index (χ3v) is 2.05. The molecule has 0 aliphatic carbocycles. The molecule has 0 amide bonds. The first kappa shape index (κ1) is 10.5. The fourth-order valence-corrected chi connectivity index (χ4v) is 1.24. The predicted molar refractivity (Wildman–Crippen MR) is 55.9 cm³/mol. The van der Waals surface area contributed by atoms with E-state index in [1.165, 1.54) is 0 Å². The average molecular weight is 245 g/mol. The lowest BCUT2D eigenvalue weighted by atomic mass is 10.3. The molecule has 0 radical (unpaired) electrons. The molecule has 1 aromatic rings. The zero-order valence-corrected chi connectivity index (χ0v) is 9.37. The highest BCUT2D eigenvalue weighted by Gasteiger charge is 2.01. The molecule has 72 valence electrons. The lowest BCUT2D eigenvalue weighted by Gasteiger charge is -2.13. The molecular weight excluding hydrogens is 232 g/mol. The van der Waals surface area contributed by atoms with E-state index in [2.05, 4.69) is 15.9 Å². The Bertz CT molecular complexity index is 246. The van der Waals surface area contributed by atoms with E-state index in [0.29, 0.717) is 6.61 Å². The fourth-order valence-electron chi connectivity index (χ4n) is 0.974. The Balaban J connectivity index is 2.49. The van der Waals surface area contributed by atoms with Gasteiger partial charge in [-0.2, -0.15) is 0 Å². The molecule has 0 spiro atoms. The summed E-state index contributed by atoms with van der Waals surface area (Å²) in [4.78, 5) is 0. The number of hydrogen-bond acceptors (Lipinski definition) is 2. The van der Waals surface area contributed by atoms with E-state index in [4.69, 9.17) is 9.47 Å². The van der Waals surface area contributed by atoms with Gasteiger partial charge in [-0.25, -0.2) is 0 Å². The maximum Gasteiger partial charge on any atom is 0.196 e. The van der Waals surface area contributed by atoms with Crippen molar-refractivity contribution in [2.45, 2.75) is 20.1 Å². The zero-order chi connectivity index (χ0) is 9.68. The summed E-state index contributed by atoms with van der Waals surface area (Å²) in [6.45, 7) is 4.49. The summed E-state index contributed by atoms with van der Waals surface area (Å²) >= 11 is 3.36. The third-order valence-electron chi connectivity index (χ3n) is 1.52. The van der Waals surface area contributed by atoms with Crippen LogP contribution in [-0.4, -0.2) is 12.9 Å². The molecular formula is C10H13BrO2. The first-order chi connectivity index (χ1) is 6.22. The van der Waals surface area contributed by atoms with Crippen molar-refractivity contribution in [1.29, 1.82) is 0 Å². The van der Waals surface area contributed by atoms with E-state index in [9.17, 15) is 0 Å². The standard InChI is InChI=1S/C10H13BrO2/c1-3-12-8(2)13-10-6-4-9(11)5-7-10/h4-8H,3H2,1-2H3. The molecule has 3 heteroatoms. The Morgan fingerprint density at radius 1 is 1.31 bits per heavy atom. The molecule has 2 nitrogen and oxygen atoms in total. The van der Waals surface area contributed by atoms with E-state index < -0.39 is 0 Å². The van der Waals surface area contributed by atoms with Gasteiger partial charge in [0.1, 0.15) is 5.75 Å². The molecule has 0 aromatic heterocycles. The number of halogens is 1. The highest BCUT2D eigenvalue weighted by atomic mass is 79.9. The maximum absolute atomic E-state index is 5.47. The molecule has 0 aliphatic rings. The van der Waals surface area contributed by atoms with Gasteiger partial charge in [0.15, 0.2) is 6.29 Å². The van der Waals surface area contributed by atoms with Gasteiger partial charge in [-0.05, 0) is 38.1 Å². The van der Waals surface area contributed by atoms with Crippen LogP contribution < -0.4 is 4.74 Å². The summed E-state index contributed by atoms with van der Waals surface area (Å²) in [5.74, 6) is 0.823. The van der Waals surface area contributed by atoms with Crippen molar-refractivity contribution in [3.05, 3.63) is 28.7 Å². The second-order valence-electron chi connectivity index (χ2n) is 2.59. The van der Waals surface area contributed by atoms with E-state index in [-0.39, 0.29) is 6.29 Å². The van der Waals surface area contributed by atoms with Crippen molar-refractivity contribution in [2.75, 3.05) is 6.61 Å². The number of hydrogen-bond donors (Lipinski definition) is 0. The van der Waals surface area contributed by atoms with Crippen LogP contribution in [0, 0.1) is 0 Å². The molecule has 0 fully saturated rings. The molecule has 1 aromatic carbocycles. The number of benzene rings is 1. The molecule has 0 saturated heterocycles. The van der Waals surface area contributed by atoms with Crippen molar-refractivity contribution in [2.24, 2.45) is 0 Å². The van der Waals surface area contributed by atoms with Crippen LogP contribution in [-0.2, 0) is 4.74 Å². The minimum Gasteiger partial charge on any atom is -0.465 e. The van der Waals surface area contributed by atoms with Crippen LogP contribution >= 0.6 is 15.9 Å². The highest BCUT2D eigenvalue weighted by molar-refractivity contribution is 9.10. The van der Waals surface area contributed by atoms with Crippen LogP contribution in [0.2, 0.25) is 0 Å². The molecule has 0 N–H and O–H groups in total. The van der Waals surface area contributed by atoms with Crippen LogP contribution in [0.25, 0.3) is 0 Å². The largest absolute Gasteiger partial charge is 0.465 e. The summed E-state index contributed by atoms with van der Waals surface area (Å²) < 4.78 is 11.8. The topological polar surface area (TPSA) is 18.5 Å². The summed E-state index contributed by atoms with van der Waals surface area (Å²) in [6, 6.07) is 7.68. The molecule has 0 bridgehead atoms. The quantitative estimate of drug-likeness (QED) is 0.758. The van der Waals surface area contributed by atoms with Crippen molar-refractivity contribution in [1.82, 2.24) is 0 Å². The number of ether oxygens (including phenoxy) is 2. The second kappa shape index (κ2) is 5.25. The Morgan fingerprint density at radius 2 is 1.92 bits per heavy atom. The summed E-state index contributed by atoms with van der Waals surface area (Å²) in [5.41, 5.74) is 0. The van der Waals surface area contributed by atoms with Gasteiger partial charge in [0.05, 0.1) is 0 Å². The Hall–Kier alpha value is -0.540. The van der Waals surface area contributed by atoms with Gasteiger partial charge in [-0.1, -0.05) is 15.9 Å². The molecule has 0 heterocycles. The van der Waals surface area contributed by atoms with E-state index in [1.54, 1.807) is 0 Å². The van der Waals surface area contributed by atoms with Crippen molar-refractivity contribution in [3.8, 4) is 5.75 Å². The fraction of sp³-hybridized carbons (Fsp3) is 0.400.